The molecule has 0 N–H and O–H groups in total. The molecule has 1 nitrogen and oxygen atoms in total. The van der Waals surface area contributed by atoms with E-state index in [1.807, 2.05) is 36.1 Å². The van der Waals surface area contributed by atoms with Crippen molar-refractivity contribution in [1.29, 1.82) is 0 Å². The molecule has 0 heterocycles. The number of halogens is 2. The van der Waals surface area contributed by atoms with Crippen molar-refractivity contribution in [3.63, 3.8) is 0 Å². The summed E-state index contributed by atoms with van der Waals surface area (Å²) in [6.07, 6.45) is 7.76. The Kier molecular flexibility index (Phi) is 11.2. The number of hydrogen-bond acceptors (Lipinski definition) is 1. The van der Waals surface area contributed by atoms with Gasteiger partial charge in [0.1, 0.15) is 11.6 Å². The fraction of sp³-hybridized carbons (Fsp3) is 0.550. The average molecular weight is 431 g/mol. The van der Waals surface area contributed by atoms with Crippen molar-refractivity contribution < 1.29 is 30.4 Å². The maximum atomic E-state index is 13.7. The van der Waals surface area contributed by atoms with Crippen LogP contribution in [-0.4, -0.2) is 5.78 Å². The first-order valence-electron chi connectivity index (χ1n) is 8.65. The summed E-state index contributed by atoms with van der Waals surface area (Å²) >= 11 is -0.329. The normalized spacial score (nSPS) is 11.9. The lowest BCUT2D eigenvalue weighted by Crippen LogP contribution is -3.59. The Hall–Kier alpha value is -0.710. The van der Waals surface area contributed by atoms with E-state index in [9.17, 15) is 9.18 Å². The van der Waals surface area contributed by atoms with Crippen molar-refractivity contribution >= 4 is 5.78 Å². The standard InChI is InChI=1S/C20H29FIO/c1-17(2)20(23)15-11-6-4-3-5-8-12-18(21)16-22-19-13-9-7-10-14-19/h7,9-10,13-14,16-17H,3-6,8,11-12,15H2,1-2H3/q+1/b18-16-. The van der Waals surface area contributed by atoms with Crippen molar-refractivity contribution in [2.45, 2.75) is 65.2 Å². The molecule has 0 saturated heterocycles. The molecule has 23 heavy (non-hydrogen) atoms. The molecule has 0 amide bonds. The fourth-order valence-corrected chi connectivity index (χ4v) is 4.09. The van der Waals surface area contributed by atoms with Gasteiger partial charge < -0.3 is 0 Å². The van der Waals surface area contributed by atoms with Crippen molar-refractivity contribution in [3.05, 3.63) is 43.8 Å². The quantitative estimate of drug-likeness (QED) is 0.367. The third-order valence-corrected chi connectivity index (χ3v) is 6.19. The Morgan fingerprint density at radius 3 is 2.17 bits per heavy atom. The summed E-state index contributed by atoms with van der Waals surface area (Å²) in [5, 5.41) is 0. The number of carbonyl (C=O) groups is 1. The van der Waals surface area contributed by atoms with Crippen LogP contribution in [0, 0.1) is 9.49 Å². The number of allylic oxidation sites excluding steroid dienone is 1. The van der Waals surface area contributed by atoms with Gasteiger partial charge in [0, 0.05) is 18.8 Å². The van der Waals surface area contributed by atoms with Crippen LogP contribution in [0.5, 0.6) is 0 Å². The smallest absolute Gasteiger partial charge is 0.299 e. The lowest BCUT2D eigenvalue weighted by molar-refractivity contribution is -0.558. The zero-order chi connectivity index (χ0) is 16.9. The summed E-state index contributed by atoms with van der Waals surface area (Å²) in [6.45, 7) is 3.93. The minimum Gasteiger partial charge on any atom is -0.299 e. The Balaban J connectivity index is 1.99. The zero-order valence-electron chi connectivity index (χ0n) is 14.4. The molecule has 0 radical (unpaired) electrons. The van der Waals surface area contributed by atoms with Crippen LogP contribution in [0.2, 0.25) is 0 Å². The molecule has 0 atom stereocenters. The van der Waals surface area contributed by atoms with Crippen LogP contribution in [0.1, 0.15) is 65.2 Å². The largest absolute Gasteiger partial charge is 0.352 e. The first-order chi connectivity index (χ1) is 11.1. The Labute approximate surface area is 151 Å². The third-order valence-electron chi connectivity index (χ3n) is 3.76. The van der Waals surface area contributed by atoms with E-state index in [0.717, 1.165) is 44.9 Å². The van der Waals surface area contributed by atoms with Crippen LogP contribution in [-0.2, 0) is 4.79 Å². The molecule has 0 unspecified atom stereocenters. The Bertz CT molecular complexity index is 468. The molecule has 0 spiro atoms. The van der Waals surface area contributed by atoms with Crippen LogP contribution in [0.15, 0.2) is 40.2 Å². The molecule has 0 bridgehead atoms. The van der Waals surface area contributed by atoms with Crippen LogP contribution in [0.3, 0.4) is 0 Å². The number of unbranched alkanes of at least 4 members (excludes halogenated alkanes) is 5. The number of carbonyl (C=O) groups excluding carboxylic acids is 1. The van der Waals surface area contributed by atoms with Crippen LogP contribution in [0.25, 0.3) is 0 Å². The highest BCUT2D eigenvalue weighted by Crippen LogP contribution is 2.13. The van der Waals surface area contributed by atoms with Gasteiger partial charge in [-0.25, -0.2) is 4.39 Å². The molecule has 1 rings (SSSR count). The number of rotatable bonds is 12. The topological polar surface area (TPSA) is 17.1 Å². The predicted molar refractivity (Wildman–Crippen MR) is 91.1 cm³/mol. The van der Waals surface area contributed by atoms with Gasteiger partial charge in [-0.05, 0) is 25.0 Å². The fourth-order valence-electron chi connectivity index (χ4n) is 2.25. The van der Waals surface area contributed by atoms with Crippen LogP contribution < -0.4 is 21.2 Å². The first-order valence-corrected chi connectivity index (χ1v) is 11.0. The van der Waals surface area contributed by atoms with Gasteiger partial charge in [-0.1, -0.05) is 57.7 Å². The van der Waals surface area contributed by atoms with Gasteiger partial charge in [-0.3, -0.25) is 4.79 Å². The minimum absolute atomic E-state index is 0.0594. The molecular weight excluding hydrogens is 402 g/mol. The van der Waals surface area contributed by atoms with E-state index in [4.69, 9.17) is 0 Å². The predicted octanol–water partition coefficient (Wildman–Crippen LogP) is 3.10. The number of benzene rings is 1. The molecule has 0 aliphatic carbocycles. The van der Waals surface area contributed by atoms with Gasteiger partial charge in [0.15, 0.2) is 7.65 Å². The van der Waals surface area contributed by atoms with Crippen molar-refractivity contribution in [2.75, 3.05) is 0 Å². The van der Waals surface area contributed by atoms with E-state index in [0.29, 0.717) is 12.2 Å². The molecule has 0 fully saturated rings. The summed E-state index contributed by atoms with van der Waals surface area (Å²) in [5.74, 6) is 0.603. The molecular formula is C20H29FIO+. The highest BCUT2D eigenvalue weighted by Gasteiger charge is 2.09. The maximum Gasteiger partial charge on any atom is 0.352 e. The van der Waals surface area contributed by atoms with E-state index in [1.165, 1.54) is 3.57 Å². The highest BCUT2D eigenvalue weighted by molar-refractivity contribution is 5.80. The number of Topliss-reactive ketones (excluding diaryl/α,β-unsaturated/α-hetero) is 1. The monoisotopic (exact) mass is 431 g/mol. The van der Waals surface area contributed by atoms with Crippen LogP contribution >= 0.6 is 0 Å². The van der Waals surface area contributed by atoms with Gasteiger partial charge in [-0.15, -0.1) is 0 Å². The summed E-state index contributed by atoms with van der Waals surface area (Å²) in [5.41, 5.74) is 0. The van der Waals surface area contributed by atoms with Crippen molar-refractivity contribution in [1.82, 2.24) is 0 Å². The average Bonchev–Trinajstić information content (AvgIpc) is 2.56. The van der Waals surface area contributed by atoms with E-state index in [2.05, 4.69) is 12.1 Å². The molecule has 1 aromatic carbocycles. The second-order valence-electron chi connectivity index (χ2n) is 6.20. The molecule has 1 aromatic rings. The third kappa shape index (κ3) is 10.6. The van der Waals surface area contributed by atoms with Crippen molar-refractivity contribution in [2.24, 2.45) is 5.92 Å². The van der Waals surface area contributed by atoms with Gasteiger partial charge >= 0.3 is 21.2 Å². The van der Waals surface area contributed by atoms with E-state index < -0.39 is 0 Å². The van der Waals surface area contributed by atoms with Gasteiger partial charge in [0.05, 0.1) is 0 Å². The Morgan fingerprint density at radius 2 is 1.57 bits per heavy atom. The van der Waals surface area contributed by atoms with Crippen LogP contribution in [0.4, 0.5) is 4.39 Å². The SMILES string of the molecule is CC(C)C(=O)CCCCCCCC/C(F)=C/[I+]c1ccccc1. The minimum atomic E-state index is -0.329. The summed E-state index contributed by atoms with van der Waals surface area (Å²) < 4.78 is 16.8. The van der Waals surface area contributed by atoms with E-state index >= 15 is 0 Å². The van der Waals surface area contributed by atoms with Crippen molar-refractivity contribution in [3.8, 4) is 0 Å². The molecule has 0 aliphatic rings. The Morgan fingerprint density at radius 1 is 1.00 bits per heavy atom. The second kappa shape index (κ2) is 12.7. The van der Waals surface area contributed by atoms with E-state index in [1.54, 1.807) is 0 Å². The highest BCUT2D eigenvalue weighted by atomic mass is 127. The summed E-state index contributed by atoms with van der Waals surface area (Å²) in [6, 6.07) is 10.2. The lowest BCUT2D eigenvalue weighted by Gasteiger charge is -2.03. The zero-order valence-corrected chi connectivity index (χ0v) is 16.5. The lowest BCUT2D eigenvalue weighted by atomic mass is 10.0. The molecule has 0 saturated carbocycles. The van der Waals surface area contributed by atoms with E-state index in [-0.39, 0.29) is 32.9 Å². The van der Waals surface area contributed by atoms with Gasteiger partial charge in [0.2, 0.25) is 0 Å². The summed E-state index contributed by atoms with van der Waals surface area (Å²) in [7, 11) is 0. The summed E-state index contributed by atoms with van der Waals surface area (Å²) in [4.78, 5) is 11.5. The van der Waals surface area contributed by atoms with Gasteiger partial charge in [-0.2, -0.15) is 0 Å². The van der Waals surface area contributed by atoms with Gasteiger partial charge in [0.25, 0.3) is 0 Å². The molecule has 128 valence electrons. The molecule has 3 heteroatoms. The maximum absolute atomic E-state index is 13.7. The molecule has 0 aromatic heterocycles. The second-order valence-corrected chi connectivity index (χ2v) is 8.69. The number of ketones is 1. The first kappa shape index (κ1) is 20.3. The molecule has 0 aliphatic heterocycles. The number of hydrogen-bond donors (Lipinski definition) is 0.